The smallest absolute Gasteiger partial charge is 0.243 e. The molecule has 3 rings (SSSR count). The molecule has 8 heteroatoms. The molecule has 0 aliphatic heterocycles. The maximum atomic E-state index is 12.2. The van der Waals surface area contributed by atoms with E-state index in [-0.39, 0.29) is 11.4 Å². The predicted octanol–water partition coefficient (Wildman–Crippen LogP) is 2.02. The Morgan fingerprint density at radius 2 is 2.23 bits per heavy atom. The number of aryl methyl sites for hydroxylation is 1. The lowest BCUT2D eigenvalue weighted by atomic mass is 10.2. The zero-order valence-electron chi connectivity index (χ0n) is 11.8. The minimum absolute atomic E-state index is 0.155. The van der Waals surface area contributed by atoms with E-state index in [1.807, 2.05) is 23.6 Å². The fourth-order valence-corrected chi connectivity index (χ4v) is 3.64. The average Bonchev–Trinajstić information content (AvgIpc) is 3.17. The fraction of sp³-hybridized carbons (Fsp3) is 0.143. The van der Waals surface area contributed by atoms with Gasteiger partial charge in [0.05, 0.1) is 16.8 Å². The monoisotopic (exact) mass is 334 g/mol. The molecular weight excluding hydrogens is 320 g/mol. The van der Waals surface area contributed by atoms with E-state index in [2.05, 4.69) is 14.8 Å². The van der Waals surface area contributed by atoms with Crippen molar-refractivity contribution in [3.8, 4) is 10.6 Å². The van der Waals surface area contributed by atoms with Crippen LogP contribution < -0.4 is 4.72 Å². The van der Waals surface area contributed by atoms with Crippen molar-refractivity contribution in [2.24, 2.45) is 7.05 Å². The average molecular weight is 334 g/mol. The van der Waals surface area contributed by atoms with Crippen LogP contribution in [-0.4, -0.2) is 23.2 Å². The molecule has 3 aromatic heterocycles. The molecule has 0 aliphatic rings. The molecule has 0 spiro atoms. The molecule has 3 heterocycles. The Labute approximate surface area is 132 Å². The van der Waals surface area contributed by atoms with Crippen LogP contribution in [0.3, 0.4) is 0 Å². The highest BCUT2D eigenvalue weighted by Gasteiger charge is 2.15. The van der Waals surface area contributed by atoms with E-state index >= 15 is 0 Å². The van der Waals surface area contributed by atoms with E-state index in [0.717, 1.165) is 16.1 Å². The summed E-state index contributed by atoms with van der Waals surface area (Å²) in [4.78, 5) is 5.52. The summed E-state index contributed by atoms with van der Waals surface area (Å²) < 4.78 is 28.3. The molecule has 0 unspecified atom stereocenters. The summed E-state index contributed by atoms with van der Waals surface area (Å²) in [5.74, 6) is 0. The van der Waals surface area contributed by atoms with Gasteiger partial charge in [-0.3, -0.25) is 9.67 Å². The number of hydrogen-bond acceptors (Lipinski definition) is 5. The molecule has 0 amide bonds. The highest BCUT2D eigenvalue weighted by atomic mass is 32.2. The molecule has 0 atom stereocenters. The molecule has 0 fully saturated rings. The second kappa shape index (κ2) is 5.99. The second-order valence-corrected chi connectivity index (χ2v) is 7.42. The molecule has 3 aromatic rings. The molecule has 0 radical (unpaired) electrons. The van der Waals surface area contributed by atoms with Crippen LogP contribution >= 0.6 is 11.3 Å². The highest BCUT2D eigenvalue weighted by molar-refractivity contribution is 7.89. The number of nitrogens with one attached hydrogen (secondary N) is 1. The van der Waals surface area contributed by atoms with E-state index in [9.17, 15) is 8.42 Å². The minimum atomic E-state index is -3.56. The molecular formula is C14H14N4O2S2. The summed E-state index contributed by atoms with van der Waals surface area (Å²) in [7, 11) is -1.88. The molecule has 0 aromatic carbocycles. The molecule has 114 valence electrons. The van der Waals surface area contributed by atoms with Crippen molar-refractivity contribution in [2.45, 2.75) is 11.4 Å². The van der Waals surface area contributed by atoms with Gasteiger partial charge in [0.15, 0.2) is 0 Å². The topological polar surface area (TPSA) is 76.9 Å². The van der Waals surface area contributed by atoms with Crippen LogP contribution in [0.25, 0.3) is 10.6 Å². The summed E-state index contributed by atoms with van der Waals surface area (Å²) >= 11 is 1.60. The second-order valence-electron chi connectivity index (χ2n) is 4.70. The molecule has 0 saturated carbocycles. The fourth-order valence-electron chi connectivity index (χ4n) is 1.94. The SMILES string of the molecule is Cn1cc(S(=O)(=O)NCc2ccnc(-c3cccs3)c2)cn1. The number of nitrogens with zero attached hydrogens (tertiary/aromatic N) is 3. The summed E-state index contributed by atoms with van der Waals surface area (Å²) in [6.45, 7) is 0.206. The Balaban J connectivity index is 1.75. The standard InChI is InChI=1S/C14H14N4O2S2/c1-18-10-12(9-16-18)22(19,20)17-8-11-4-5-15-13(7-11)14-3-2-6-21-14/h2-7,9-10,17H,8H2,1H3. The van der Waals surface area contributed by atoms with Crippen molar-refractivity contribution < 1.29 is 8.42 Å². The number of sulfonamides is 1. The van der Waals surface area contributed by atoms with Gasteiger partial charge in [-0.15, -0.1) is 11.3 Å². The first-order valence-corrected chi connectivity index (χ1v) is 8.88. The highest BCUT2D eigenvalue weighted by Crippen LogP contribution is 2.23. The van der Waals surface area contributed by atoms with Crippen molar-refractivity contribution in [2.75, 3.05) is 0 Å². The Hall–Kier alpha value is -2.03. The molecule has 0 saturated heterocycles. The normalized spacial score (nSPS) is 11.7. The first-order valence-electron chi connectivity index (χ1n) is 6.52. The summed E-state index contributed by atoms with van der Waals surface area (Å²) in [6, 6.07) is 7.62. The molecule has 1 N–H and O–H groups in total. The Bertz CT molecular complexity index is 870. The molecule has 6 nitrogen and oxygen atoms in total. The van der Waals surface area contributed by atoms with Gasteiger partial charge in [0.2, 0.25) is 10.0 Å². The summed E-state index contributed by atoms with van der Waals surface area (Å²) in [5, 5.41) is 5.86. The Morgan fingerprint density at radius 3 is 2.91 bits per heavy atom. The summed E-state index contributed by atoms with van der Waals surface area (Å²) in [5.41, 5.74) is 1.69. The van der Waals surface area contributed by atoms with Gasteiger partial charge in [-0.25, -0.2) is 13.1 Å². The lowest BCUT2D eigenvalue weighted by Crippen LogP contribution is -2.22. The van der Waals surface area contributed by atoms with Crippen molar-refractivity contribution >= 4 is 21.4 Å². The number of aromatic nitrogens is 3. The van der Waals surface area contributed by atoms with Crippen LogP contribution in [-0.2, 0) is 23.6 Å². The third-order valence-electron chi connectivity index (χ3n) is 3.06. The quantitative estimate of drug-likeness (QED) is 0.774. The lowest BCUT2D eigenvalue weighted by molar-refractivity contribution is 0.581. The van der Waals surface area contributed by atoms with E-state index in [4.69, 9.17) is 0 Å². The first-order chi connectivity index (χ1) is 10.5. The van der Waals surface area contributed by atoms with Gasteiger partial charge < -0.3 is 0 Å². The Morgan fingerprint density at radius 1 is 1.36 bits per heavy atom. The Kier molecular flexibility index (Phi) is 4.06. The third kappa shape index (κ3) is 3.24. The molecule has 22 heavy (non-hydrogen) atoms. The van der Waals surface area contributed by atoms with Gasteiger partial charge in [-0.2, -0.15) is 5.10 Å². The van der Waals surface area contributed by atoms with E-state index < -0.39 is 10.0 Å². The summed E-state index contributed by atoms with van der Waals surface area (Å²) in [6.07, 6.45) is 4.47. The molecule has 0 bridgehead atoms. The first kappa shape index (κ1) is 14.9. The maximum Gasteiger partial charge on any atom is 0.243 e. The third-order valence-corrected chi connectivity index (χ3v) is 5.30. The van der Waals surface area contributed by atoms with Crippen molar-refractivity contribution in [3.63, 3.8) is 0 Å². The number of hydrogen-bond donors (Lipinski definition) is 1. The van der Waals surface area contributed by atoms with Crippen LogP contribution in [0, 0.1) is 0 Å². The van der Waals surface area contributed by atoms with Gasteiger partial charge in [0.25, 0.3) is 0 Å². The lowest BCUT2D eigenvalue weighted by Gasteiger charge is -2.06. The van der Waals surface area contributed by atoms with E-state index in [1.54, 1.807) is 30.6 Å². The van der Waals surface area contributed by atoms with Gasteiger partial charge in [-0.1, -0.05) is 6.07 Å². The van der Waals surface area contributed by atoms with Crippen molar-refractivity contribution in [1.29, 1.82) is 0 Å². The van der Waals surface area contributed by atoms with Gasteiger partial charge in [-0.05, 0) is 29.1 Å². The maximum absolute atomic E-state index is 12.2. The van der Waals surface area contributed by atoms with Gasteiger partial charge >= 0.3 is 0 Å². The number of rotatable bonds is 5. The van der Waals surface area contributed by atoms with Crippen LogP contribution in [0.15, 0.2) is 53.1 Å². The van der Waals surface area contributed by atoms with Crippen LogP contribution in [0.5, 0.6) is 0 Å². The molecule has 0 aliphatic carbocycles. The zero-order chi connectivity index (χ0) is 15.6. The van der Waals surface area contributed by atoms with Crippen LogP contribution in [0.4, 0.5) is 0 Å². The van der Waals surface area contributed by atoms with Crippen LogP contribution in [0.1, 0.15) is 5.56 Å². The zero-order valence-corrected chi connectivity index (χ0v) is 13.4. The van der Waals surface area contributed by atoms with E-state index in [0.29, 0.717) is 0 Å². The van der Waals surface area contributed by atoms with Crippen molar-refractivity contribution in [1.82, 2.24) is 19.5 Å². The largest absolute Gasteiger partial charge is 0.274 e. The van der Waals surface area contributed by atoms with Crippen LogP contribution in [0.2, 0.25) is 0 Å². The van der Waals surface area contributed by atoms with Gasteiger partial charge in [0.1, 0.15) is 4.90 Å². The predicted molar refractivity (Wildman–Crippen MR) is 84.8 cm³/mol. The van der Waals surface area contributed by atoms with E-state index in [1.165, 1.54) is 17.1 Å². The number of thiophene rings is 1. The van der Waals surface area contributed by atoms with Gasteiger partial charge in [0, 0.05) is 26.0 Å². The van der Waals surface area contributed by atoms with Crippen molar-refractivity contribution in [3.05, 3.63) is 53.8 Å². The number of pyridine rings is 1. The minimum Gasteiger partial charge on any atom is -0.274 e.